The van der Waals surface area contributed by atoms with Gasteiger partial charge < -0.3 is 38.3 Å². The second kappa shape index (κ2) is 14.2. The molecule has 0 rings (SSSR count). The lowest BCUT2D eigenvalue weighted by Crippen LogP contribution is -2.54. The van der Waals surface area contributed by atoms with Crippen LogP contribution in [0.3, 0.4) is 0 Å². The van der Waals surface area contributed by atoms with Gasteiger partial charge in [-0.05, 0) is 24.9 Å². The highest BCUT2D eigenvalue weighted by Crippen LogP contribution is 2.02. The SMILES string of the molecule is CSCCC(N)C(=O)NC(CCC(N)=O)C(=O)NCC(=O)NC(CC(N)=O)C(=O)O. The molecule has 10 N–H and O–H groups in total. The number of rotatable bonds is 15. The molecule has 14 heteroatoms. The average molecular weight is 449 g/mol. The fourth-order valence-electron chi connectivity index (χ4n) is 2.15. The number of hydrogen-bond donors (Lipinski definition) is 7. The molecule has 5 amide bonds. The topological polar surface area (TPSA) is 237 Å². The third-order valence-corrected chi connectivity index (χ3v) is 4.39. The zero-order chi connectivity index (χ0) is 23.3. The Bertz CT molecular complexity index is 660. The van der Waals surface area contributed by atoms with E-state index >= 15 is 0 Å². The number of carboxylic acid groups (broad SMARTS) is 1. The fraction of sp³-hybridized carbons (Fsp3) is 0.625. The molecule has 0 heterocycles. The highest BCUT2D eigenvalue weighted by molar-refractivity contribution is 7.98. The maximum Gasteiger partial charge on any atom is 0.326 e. The minimum atomic E-state index is -1.55. The summed E-state index contributed by atoms with van der Waals surface area (Å²) in [6, 6.07) is -3.60. The summed E-state index contributed by atoms with van der Waals surface area (Å²) in [6.45, 7) is -0.636. The second-order valence-corrected chi connectivity index (χ2v) is 7.29. The second-order valence-electron chi connectivity index (χ2n) is 6.30. The van der Waals surface area contributed by atoms with Crippen molar-refractivity contribution < 1.29 is 33.9 Å². The quantitative estimate of drug-likeness (QED) is 0.131. The summed E-state index contributed by atoms with van der Waals surface area (Å²) in [5.41, 5.74) is 15.7. The Morgan fingerprint density at radius 1 is 0.933 bits per heavy atom. The Labute approximate surface area is 177 Å². The van der Waals surface area contributed by atoms with Gasteiger partial charge in [-0.25, -0.2) is 4.79 Å². The Hall–Kier alpha value is -2.87. The first-order chi connectivity index (χ1) is 14.0. The van der Waals surface area contributed by atoms with Crippen molar-refractivity contribution in [2.75, 3.05) is 18.6 Å². The van der Waals surface area contributed by atoms with Gasteiger partial charge in [-0.15, -0.1) is 0 Å². The van der Waals surface area contributed by atoms with Crippen molar-refractivity contribution in [3.8, 4) is 0 Å². The van der Waals surface area contributed by atoms with Gasteiger partial charge in [0.05, 0.1) is 19.0 Å². The number of nitrogens with two attached hydrogens (primary N) is 3. The molecule has 0 radical (unpaired) electrons. The fourth-order valence-corrected chi connectivity index (χ4v) is 2.64. The van der Waals surface area contributed by atoms with Gasteiger partial charge in [0.2, 0.25) is 29.5 Å². The third-order valence-electron chi connectivity index (χ3n) is 3.74. The number of hydrogen-bond acceptors (Lipinski definition) is 8. The van der Waals surface area contributed by atoms with E-state index < -0.39 is 66.6 Å². The summed E-state index contributed by atoms with van der Waals surface area (Å²) in [6.07, 6.45) is 1.26. The molecule has 0 aromatic heterocycles. The minimum absolute atomic E-state index is 0.122. The van der Waals surface area contributed by atoms with Gasteiger partial charge in [-0.3, -0.25) is 24.0 Å². The molecule has 0 aliphatic carbocycles. The van der Waals surface area contributed by atoms with Gasteiger partial charge in [0.25, 0.3) is 0 Å². The number of amides is 5. The molecule has 0 aliphatic heterocycles. The Morgan fingerprint density at radius 2 is 1.57 bits per heavy atom. The third kappa shape index (κ3) is 11.9. The van der Waals surface area contributed by atoms with Crippen LogP contribution < -0.4 is 33.2 Å². The molecule has 0 aliphatic rings. The molecule has 0 spiro atoms. The predicted octanol–water partition coefficient (Wildman–Crippen LogP) is -3.62. The monoisotopic (exact) mass is 448 g/mol. The molecule has 0 fully saturated rings. The first-order valence-electron chi connectivity index (χ1n) is 8.89. The number of primary amides is 2. The molecule has 0 aromatic rings. The van der Waals surface area contributed by atoms with Crippen molar-refractivity contribution in [2.24, 2.45) is 17.2 Å². The standard InChI is InChI=1S/C16H28N6O7S/c1-30-5-4-8(17)14(26)22-9(2-3-11(18)23)15(27)20-7-13(25)21-10(16(28)29)6-12(19)24/h8-10H,2-7,17H2,1H3,(H2,18,23)(H2,19,24)(H,20,27)(H,21,25)(H,22,26)(H,28,29). The maximum absolute atomic E-state index is 12.3. The number of carbonyl (C=O) groups excluding carboxylic acids is 5. The van der Waals surface area contributed by atoms with E-state index in [2.05, 4.69) is 10.6 Å². The Kier molecular flexibility index (Phi) is 12.8. The van der Waals surface area contributed by atoms with E-state index in [9.17, 15) is 28.8 Å². The minimum Gasteiger partial charge on any atom is -0.480 e. The first-order valence-corrected chi connectivity index (χ1v) is 10.3. The van der Waals surface area contributed by atoms with E-state index in [1.54, 1.807) is 0 Å². The lowest BCUT2D eigenvalue weighted by molar-refractivity contribution is -0.143. The average Bonchev–Trinajstić information content (AvgIpc) is 2.65. The summed E-state index contributed by atoms with van der Waals surface area (Å²) < 4.78 is 0. The molecule has 0 saturated heterocycles. The van der Waals surface area contributed by atoms with Crippen LogP contribution in [0.2, 0.25) is 0 Å². The zero-order valence-corrected chi connectivity index (χ0v) is 17.3. The van der Waals surface area contributed by atoms with Gasteiger partial charge in [0, 0.05) is 6.42 Å². The molecule has 30 heavy (non-hydrogen) atoms. The van der Waals surface area contributed by atoms with Crippen LogP contribution in [0.5, 0.6) is 0 Å². The number of aliphatic carboxylic acids is 1. The van der Waals surface area contributed by atoms with Crippen LogP contribution in [-0.2, 0) is 28.8 Å². The summed E-state index contributed by atoms with van der Waals surface area (Å²) in [5, 5.41) is 15.6. The van der Waals surface area contributed by atoms with Gasteiger partial charge in [0.1, 0.15) is 12.1 Å². The number of carboxylic acids is 1. The van der Waals surface area contributed by atoms with Gasteiger partial charge in [-0.1, -0.05) is 0 Å². The van der Waals surface area contributed by atoms with Crippen LogP contribution in [0, 0.1) is 0 Å². The number of nitrogens with one attached hydrogen (secondary N) is 3. The first kappa shape index (κ1) is 27.1. The van der Waals surface area contributed by atoms with Crippen LogP contribution in [0.25, 0.3) is 0 Å². The highest BCUT2D eigenvalue weighted by Gasteiger charge is 2.26. The molecule has 0 aromatic carbocycles. The van der Waals surface area contributed by atoms with E-state index in [0.717, 1.165) is 0 Å². The van der Waals surface area contributed by atoms with Crippen molar-refractivity contribution in [3.63, 3.8) is 0 Å². The largest absolute Gasteiger partial charge is 0.480 e. The molecule has 13 nitrogen and oxygen atoms in total. The van der Waals surface area contributed by atoms with Gasteiger partial charge in [-0.2, -0.15) is 11.8 Å². The van der Waals surface area contributed by atoms with E-state index in [1.165, 1.54) is 11.8 Å². The van der Waals surface area contributed by atoms with Crippen LogP contribution in [0.15, 0.2) is 0 Å². The molecule has 0 saturated carbocycles. The molecule has 3 unspecified atom stereocenters. The number of carbonyl (C=O) groups is 6. The Morgan fingerprint density at radius 3 is 2.07 bits per heavy atom. The lowest BCUT2D eigenvalue weighted by Gasteiger charge is -2.20. The smallest absolute Gasteiger partial charge is 0.326 e. The van der Waals surface area contributed by atoms with E-state index in [1.807, 2.05) is 11.6 Å². The van der Waals surface area contributed by atoms with Crippen molar-refractivity contribution in [1.82, 2.24) is 16.0 Å². The van der Waals surface area contributed by atoms with Crippen molar-refractivity contribution >= 4 is 47.3 Å². The van der Waals surface area contributed by atoms with Gasteiger partial charge in [0.15, 0.2) is 0 Å². The summed E-state index contributed by atoms with van der Waals surface area (Å²) in [5.74, 6) is -4.76. The van der Waals surface area contributed by atoms with Crippen LogP contribution in [0.1, 0.15) is 25.7 Å². The van der Waals surface area contributed by atoms with Crippen molar-refractivity contribution in [2.45, 2.75) is 43.8 Å². The molecule has 3 atom stereocenters. The predicted molar refractivity (Wildman–Crippen MR) is 108 cm³/mol. The molecular weight excluding hydrogens is 420 g/mol. The van der Waals surface area contributed by atoms with Crippen molar-refractivity contribution in [1.29, 1.82) is 0 Å². The zero-order valence-electron chi connectivity index (χ0n) is 16.5. The maximum atomic E-state index is 12.3. The van der Waals surface area contributed by atoms with Crippen molar-refractivity contribution in [3.05, 3.63) is 0 Å². The van der Waals surface area contributed by atoms with Crippen LogP contribution in [0.4, 0.5) is 0 Å². The summed E-state index contributed by atoms with van der Waals surface area (Å²) >= 11 is 1.49. The van der Waals surface area contributed by atoms with E-state index in [-0.39, 0.29) is 12.8 Å². The van der Waals surface area contributed by atoms with Crippen LogP contribution in [-0.4, -0.2) is 77.3 Å². The van der Waals surface area contributed by atoms with E-state index in [4.69, 9.17) is 22.3 Å². The van der Waals surface area contributed by atoms with Gasteiger partial charge >= 0.3 is 5.97 Å². The highest BCUT2D eigenvalue weighted by atomic mass is 32.2. The molecule has 0 bridgehead atoms. The lowest BCUT2D eigenvalue weighted by atomic mass is 10.1. The molecular formula is C16H28N6O7S. The Balaban J connectivity index is 4.88. The van der Waals surface area contributed by atoms with Crippen LogP contribution >= 0.6 is 11.8 Å². The summed E-state index contributed by atoms with van der Waals surface area (Å²) in [4.78, 5) is 69.2. The normalized spacial score (nSPS) is 13.4. The summed E-state index contributed by atoms with van der Waals surface area (Å²) in [7, 11) is 0. The van der Waals surface area contributed by atoms with E-state index in [0.29, 0.717) is 12.2 Å². The number of thioether (sulfide) groups is 1. The molecule has 170 valence electrons.